The summed E-state index contributed by atoms with van der Waals surface area (Å²) in [5.41, 5.74) is 2.09. The number of amides is 1. The van der Waals surface area contributed by atoms with Crippen molar-refractivity contribution in [2.75, 3.05) is 12.3 Å². The molecule has 1 atom stereocenters. The Morgan fingerprint density at radius 3 is 2.83 bits per heavy atom. The van der Waals surface area contributed by atoms with Crippen LogP contribution in [0.1, 0.15) is 38.2 Å². The van der Waals surface area contributed by atoms with Gasteiger partial charge in [-0.05, 0) is 55.2 Å². The third-order valence-electron chi connectivity index (χ3n) is 4.46. The van der Waals surface area contributed by atoms with Gasteiger partial charge in [-0.2, -0.15) is 4.68 Å². The third kappa shape index (κ3) is 3.77. The quantitative estimate of drug-likeness (QED) is 0.780. The summed E-state index contributed by atoms with van der Waals surface area (Å²) in [5.74, 6) is 0.563. The molecular formula is C17H23N5OS. The molecule has 6 nitrogen and oxygen atoms in total. The molecule has 128 valence electrons. The van der Waals surface area contributed by atoms with E-state index in [-0.39, 0.29) is 5.91 Å². The Balaban J connectivity index is 1.66. The molecule has 0 aliphatic carbocycles. The molecule has 1 aromatic carbocycles. The maximum Gasteiger partial charge on any atom is 0.233 e. The summed E-state index contributed by atoms with van der Waals surface area (Å²) in [6.45, 7) is 5.07. The highest BCUT2D eigenvalue weighted by Gasteiger charge is 2.25. The Kier molecular flexibility index (Phi) is 5.50. The molecule has 0 radical (unpaired) electrons. The van der Waals surface area contributed by atoms with Crippen LogP contribution in [0.4, 0.5) is 0 Å². The van der Waals surface area contributed by atoms with E-state index in [4.69, 9.17) is 0 Å². The van der Waals surface area contributed by atoms with Crippen molar-refractivity contribution in [3.63, 3.8) is 0 Å². The number of nitrogens with zero attached hydrogens (tertiary/aromatic N) is 5. The fourth-order valence-electron chi connectivity index (χ4n) is 3.08. The zero-order chi connectivity index (χ0) is 16.9. The number of hydrogen-bond acceptors (Lipinski definition) is 5. The first kappa shape index (κ1) is 17.0. The Morgan fingerprint density at radius 1 is 1.29 bits per heavy atom. The number of thioether (sulfide) groups is 1. The van der Waals surface area contributed by atoms with Gasteiger partial charge in [-0.25, -0.2) is 0 Å². The molecule has 1 aromatic heterocycles. The molecule has 0 bridgehead atoms. The summed E-state index contributed by atoms with van der Waals surface area (Å²) in [7, 11) is 0. The normalized spacial score (nSPS) is 17.9. The van der Waals surface area contributed by atoms with Gasteiger partial charge < -0.3 is 4.90 Å². The zero-order valence-corrected chi connectivity index (χ0v) is 15.0. The number of rotatable bonds is 5. The molecule has 0 unspecified atom stereocenters. The molecule has 24 heavy (non-hydrogen) atoms. The van der Waals surface area contributed by atoms with E-state index in [1.807, 2.05) is 36.1 Å². The summed E-state index contributed by atoms with van der Waals surface area (Å²) in [5, 5.41) is 12.5. The first-order valence-corrected chi connectivity index (χ1v) is 9.45. The first-order valence-electron chi connectivity index (χ1n) is 8.46. The van der Waals surface area contributed by atoms with Crippen molar-refractivity contribution < 1.29 is 4.79 Å². The first-order chi connectivity index (χ1) is 11.7. The summed E-state index contributed by atoms with van der Waals surface area (Å²) < 4.78 is 1.69. The van der Waals surface area contributed by atoms with Gasteiger partial charge in [-0.3, -0.25) is 4.79 Å². The number of piperidine rings is 1. The summed E-state index contributed by atoms with van der Waals surface area (Å²) in [4.78, 5) is 14.6. The molecule has 3 rings (SSSR count). The van der Waals surface area contributed by atoms with Gasteiger partial charge in [0.05, 0.1) is 11.4 Å². The van der Waals surface area contributed by atoms with Gasteiger partial charge in [0, 0.05) is 12.6 Å². The SMILES string of the molecule is CC[C@@H]1CCCCN1C(=O)CSc1nnnn1-c1ccc(C)cc1. The number of carbonyl (C=O) groups is 1. The molecule has 1 amide bonds. The monoisotopic (exact) mass is 345 g/mol. The van der Waals surface area contributed by atoms with E-state index in [9.17, 15) is 4.79 Å². The minimum absolute atomic E-state index is 0.185. The molecule has 1 aliphatic rings. The van der Waals surface area contributed by atoms with E-state index in [1.54, 1.807) is 4.68 Å². The fraction of sp³-hybridized carbons (Fsp3) is 0.529. The fourth-order valence-corrected chi connectivity index (χ4v) is 3.86. The topological polar surface area (TPSA) is 63.9 Å². The smallest absolute Gasteiger partial charge is 0.233 e. The maximum atomic E-state index is 12.6. The molecule has 2 heterocycles. The Bertz CT molecular complexity index is 685. The van der Waals surface area contributed by atoms with Gasteiger partial charge in [0.15, 0.2) is 0 Å². The lowest BCUT2D eigenvalue weighted by atomic mass is 10.0. The maximum absolute atomic E-state index is 12.6. The van der Waals surface area contributed by atoms with Gasteiger partial charge >= 0.3 is 0 Å². The van der Waals surface area contributed by atoms with Crippen LogP contribution in [0.25, 0.3) is 5.69 Å². The van der Waals surface area contributed by atoms with E-state index in [1.165, 1.54) is 23.7 Å². The van der Waals surface area contributed by atoms with Crippen LogP contribution in [0.2, 0.25) is 0 Å². The largest absolute Gasteiger partial charge is 0.339 e. The Hall–Kier alpha value is -1.89. The minimum atomic E-state index is 0.185. The zero-order valence-electron chi connectivity index (χ0n) is 14.2. The average molecular weight is 345 g/mol. The van der Waals surface area contributed by atoms with Crippen molar-refractivity contribution in [1.82, 2.24) is 25.1 Å². The lowest BCUT2D eigenvalue weighted by molar-refractivity contribution is -0.132. The van der Waals surface area contributed by atoms with E-state index in [0.717, 1.165) is 31.5 Å². The van der Waals surface area contributed by atoms with Crippen molar-refractivity contribution in [1.29, 1.82) is 0 Å². The highest BCUT2D eigenvalue weighted by Crippen LogP contribution is 2.23. The number of aromatic nitrogens is 4. The van der Waals surface area contributed by atoms with E-state index < -0.39 is 0 Å². The second-order valence-corrected chi connectivity index (χ2v) is 7.08. The van der Waals surface area contributed by atoms with Gasteiger partial charge in [0.25, 0.3) is 0 Å². The number of likely N-dealkylation sites (tertiary alicyclic amines) is 1. The summed E-state index contributed by atoms with van der Waals surface area (Å²) in [6.07, 6.45) is 4.47. The average Bonchev–Trinajstić information content (AvgIpc) is 3.08. The van der Waals surface area contributed by atoms with Gasteiger partial charge in [-0.1, -0.05) is 36.4 Å². The van der Waals surface area contributed by atoms with Crippen LogP contribution in [0.5, 0.6) is 0 Å². The van der Waals surface area contributed by atoms with Crippen molar-refractivity contribution in [3.8, 4) is 5.69 Å². The van der Waals surface area contributed by atoms with Crippen LogP contribution >= 0.6 is 11.8 Å². The Labute approximate surface area is 146 Å². The molecular weight excluding hydrogens is 322 g/mol. The van der Waals surface area contributed by atoms with Gasteiger partial charge in [-0.15, -0.1) is 5.10 Å². The van der Waals surface area contributed by atoms with Crippen molar-refractivity contribution >= 4 is 17.7 Å². The lowest BCUT2D eigenvalue weighted by Crippen LogP contribution is -2.44. The summed E-state index contributed by atoms with van der Waals surface area (Å²) >= 11 is 1.40. The van der Waals surface area contributed by atoms with Crippen LogP contribution in [0.15, 0.2) is 29.4 Å². The van der Waals surface area contributed by atoms with E-state index in [2.05, 4.69) is 22.4 Å². The molecule has 1 saturated heterocycles. The number of aryl methyl sites for hydroxylation is 1. The third-order valence-corrected chi connectivity index (χ3v) is 5.37. The van der Waals surface area contributed by atoms with E-state index in [0.29, 0.717) is 17.0 Å². The number of hydrogen-bond donors (Lipinski definition) is 0. The predicted molar refractivity (Wildman–Crippen MR) is 94.3 cm³/mol. The second kappa shape index (κ2) is 7.79. The molecule has 7 heteroatoms. The molecule has 0 spiro atoms. The van der Waals surface area contributed by atoms with Crippen LogP contribution < -0.4 is 0 Å². The van der Waals surface area contributed by atoms with Crippen LogP contribution in [-0.2, 0) is 4.79 Å². The molecule has 1 aliphatic heterocycles. The highest BCUT2D eigenvalue weighted by molar-refractivity contribution is 7.99. The molecule has 0 saturated carbocycles. The minimum Gasteiger partial charge on any atom is -0.339 e. The molecule has 2 aromatic rings. The van der Waals surface area contributed by atoms with Crippen LogP contribution in [0, 0.1) is 6.92 Å². The van der Waals surface area contributed by atoms with E-state index >= 15 is 0 Å². The van der Waals surface area contributed by atoms with Crippen molar-refractivity contribution in [2.24, 2.45) is 0 Å². The standard InChI is InChI=1S/C17H23N5OS/c1-3-14-6-4-5-11-21(14)16(23)12-24-17-18-19-20-22(17)15-9-7-13(2)8-10-15/h7-10,14H,3-6,11-12H2,1-2H3/t14-/m1/s1. The van der Waals surface area contributed by atoms with Gasteiger partial charge in [0.2, 0.25) is 11.1 Å². The summed E-state index contributed by atoms with van der Waals surface area (Å²) in [6, 6.07) is 8.40. The van der Waals surface area contributed by atoms with Crippen molar-refractivity contribution in [2.45, 2.75) is 50.7 Å². The second-order valence-electron chi connectivity index (χ2n) is 6.14. The Morgan fingerprint density at radius 2 is 2.08 bits per heavy atom. The van der Waals surface area contributed by atoms with Crippen molar-refractivity contribution in [3.05, 3.63) is 29.8 Å². The van der Waals surface area contributed by atoms with Crippen LogP contribution in [-0.4, -0.2) is 49.4 Å². The predicted octanol–water partition coefficient (Wildman–Crippen LogP) is 2.85. The number of carbonyl (C=O) groups excluding carboxylic acids is 1. The highest BCUT2D eigenvalue weighted by atomic mass is 32.2. The number of benzene rings is 1. The van der Waals surface area contributed by atoms with Gasteiger partial charge in [0.1, 0.15) is 0 Å². The number of tetrazole rings is 1. The lowest BCUT2D eigenvalue weighted by Gasteiger charge is -2.35. The molecule has 0 N–H and O–H groups in total. The van der Waals surface area contributed by atoms with Crippen LogP contribution in [0.3, 0.4) is 0 Å². The molecule has 1 fully saturated rings.